The molecule has 0 amide bonds. The zero-order valence-electron chi connectivity index (χ0n) is 7.05. The first-order valence-electron chi connectivity index (χ1n) is 3.64. The molecule has 1 aromatic heterocycles. The first kappa shape index (κ1) is 11.9. The quantitative estimate of drug-likeness (QED) is 0.592. The zero-order chi connectivity index (χ0) is 7.94. The van der Waals surface area contributed by atoms with Gasteiger partial charge in [0.05, 0.1) is 6.61 Å². The van der Waals surface area contributed by atoms with E-state index in [1.54, 1.807) is 18.4 Å². The van der Waals surface area contributed by atoms with Crippen LogP contribution in [0.2, 0.25) is 0 Å². The molecule has 1 heterocycles. The molecule has 0 radical (unpaired) electrons. The number of ether oxygens (including phenoxy) is 1. The van der Waals surface area contributed by atoms with Crippen molar-refractivity contribution in [3.63, 3.8) is 0 Å². The second kappa shape index (κ2) is 7.55. The summed E-state index contributed by atoms with van der Waals surface area (Å²) in [6.45, 7) is 2.66. The molecule has 4 heteroatoms. The van der Waals surface area contributed by atoms with Gasteiger partial charge < -0.3 is 22.5 Å². The minimum absolute atomic E-state index is 0. The molecule has 12 heavy (non-hydrogen) atoms. The topological polar surface area (TPSA) is 21.3 Å². The first-order valence-corrected chi connectivity index (χ1v) is 4.58. The molecule has 0 unspecified atom stereocenters. The van der Waals surface area contributed by atoms with Crippen molar-refractivity contribution in [2.75, 3.05) is 20.3 Å². The average Bonchev–Trinajstić information content (AvgIpc) is 2.50. The van der Waals surface area contributed by atoms with Crippen LogP contribution in [0.3, 0.4) is 0 Å². The molecule has 0 saturated carbocycles. The summed E-state index contributed by atoms with van der Waals surface area (Å²) in [6, 6.07) is 2.13. The molecular formula is C8H13ClNOS-. The van der Waals surface area contributed by atoms with Crippen molar-refractivity contribution in [3.05, 3.63) is 22.4 Å². The standard InChI is InChI=1S/C8H13NOS.ClH/c1-10-4-3-9-6-8-2-5-11-7-8;/h2,5,7,9H,3-4,6H2,1H3;1H/p-1. The molecule has 0 spiro atoms. The van der Waals surface area contributed by atoms with Crippen molar-refractivity contribution >= 4 is 11.3 Å². The third-order valence-corrected chi connectivity index (χ3v) is 2.12. The summed E-state index contributed by atoms with van der Waals surface area (Å²) in [6.07, 6.45) is 0. The van der Waals surface area contributed by atoms with Gasteiger partial charge in [0, 0.05) is 20.2 Å². The fourth-order valence-corrected chi connectivity index (χ4v) is 1.47. The Bertz CT molecular complexity index is 179. The van der Waals surface area contributed by atoms with Crippen LogP contribution in [0.1, 0.15) is 5.56 Å². The molecule has 0 atom stereocenters. The Hall–Kier alpha value is -0.0900. The Kier molecular flexibility index (Phi) is 7.50. The van der Waals surface area contributed by atoms with E-state index >= 15 is 0 Å². The Labute approximate surface area is 83.3 Å². The van der Waals surface area contributed by atoms with E-state index in [1.165, 1.54) is 5.56 Å². The molecule has 2 nitrogen and oxygen atoms in total. The predicted octanol–water partition coefficient (Wildman–Crippen LogP) is -1.51. The van der Waals surface area contributed by atoms with Crippen LogP contribution in [0.25, 0.3) is 0 Å². The highest BCUT2D eigenvalue weighted by Crippen LogP contribution is 2.04. The monoisotopic (exact) mass is 206 g/mol. The Morgan fingerprint density at radius 3 is 3.00 bits per heavy atom. The Balaban J connectivity index is 0.00000121. The number of thiophene rings is 1. The van der Waals surface area contributed by atoms with E-state index in [2.05, 4.69) is 22.1 Å². The van der Waals surface area contributed by atoms with Crippen molar-refractivity contribution in [3.8, 4) is 0 Å². The lowest BCUT2D eigenvalue weighted by atomic mass is 10.3. The lowest BCUT2D eigenvalue weighted by molar-refractivity contribution is -0.00000261. The van der Waals surface area contributed by atoms with Gasteiger partial charge in [-0.2, -0.15) is 11.3 Å². The second-order valence-electron chi connectivity index (χ2n) is 2.30. The highest BCUT2D eigenvalue weighted by molar-refractivity contribution is 7.07. The molecule has 0 saturated heterocycles. The van der Waals surface area contributed by atoms with E-state index in [1.807, 2.05) is 0 Å². The molecular weight excluding hydrogens is 194 g/mol. The van der Waals surface area contributed by atoms with Crippen LogP contribution in [0.4, 0.5) is 0 Å². The van der Waals surface area contributed by atoms with Crippen LogP contribution in [-0.2, 0) is 11.3 Å². The minimum atomic E-state index is 0. The number of hydrogen-bond acceptors (Lipinski definition) is 3. The number of methoxy groups -OCH3 is 1. The summed E-state index contributed by atoms with van der Waals surface area (Å²) in [4.78, 5) is 0. The van der Waals surface area contributed by atoms with Crippen LogP contribution < -0.4 is 17.7 Å². The third kappa shape index (κ3) is 4.72. The van der Waals surface area contributed by atoms with E-state index in [-0.39, 0.29) is 12.4 Å². The summed E-state index contributed by atoms with van der Waals surface area (Å²) in [7, 11) is 1.71. The third-order valence-electron chi connectivity index (χ3n) is 1.39. The van der Waals surface area contributed by atoms with E-state index in [0.29, 0.717) is 0 Å². The molecule has 1 N–H and O–H groups in total. The van der Waals surface area contributed by atoms with Gasteiger partial charge in [-0.25, -0.2) is 0 Å². The van der Waals surface area contributed by atoms with Crippen molar-refractivity contribution in [2.24, 2.45) is 0 Å². The average molecular weight is 207 g/mol. The van der Waals surface area contributed by atoms with E-state index in [9.17, 15) is 0 Å². The molecule has 0 fully saturated rings. The maximum absolute atomic E-state index is 4.90. The fourth-order valence-electron chi connectivity index (χ4n) is 0.800. The highest BCUT2D eigenvalue weighted by atomic mass is 35.5. The van der Waals surface area contributed by atoms with Gasteiger partial charge in [0.1, 0.15) is 0 Å². The predicted molar refractivity (Wildman–Crippen MR) is 47.9 cm³/mol. The van der Waals surface area contributed by atoms with Gasteiger partial charge in [0.15, 0.2) is 0 Å². The number of rotatable bonds is 5. The normalized spacial score (nSPS) is 9.42. The van der Waals surface area contributed by atoms with E-state index < -0.39 is 0 Å². The summed E-state index contributed by atoms with van der Waals surface area (Å²) < 4.78 is 4.90. The lowest BCUT2D eigenvalue weighted by Gasteiger charge is -2.00. The molecule has 0 aliphatic rings. The van der Waals surface area contributed by atoms with Crippen LogP contribution in [0, 0.1) is 0 Å². The molecule has 0 aliphatic carbocycles. The van der Waals surface area contributed by atoms with E-state index in [4.69, 9.17) is 4.74 Å². The Morgan fingerprint density at radius 2 is 2.42 bits per heavy atom. The van der Waals surface area contributed by atoms with Gasteiger partial charge >= 0.3 is 0 Å². The SMILES string of the molecule is COCCNCc1ccsc1.[Cl-]. The second-order valence-corrected chi connectivity index (χ2v) is 3.08. The molecule has 0 bridgehead atoms. The van der Waals surface area contributed by atoms with Crippen molar-refractivity contribution in [1.82, 2.24) is 5.32 Å². The molecule has 1 rings (SSSR count). The first-order chi connectivity index (χ1) is 5.43. The van der Waals surface area contributed by atoms with Crippen LogP contribution in [0.15, 0.2) is 16.8 Å². The summed E-state index contributed by atoms with van der Waals surface area (Å²) in [5.41, 5.74) is 1.35. The van der Waals surface area contributed by atoms with Gasteiger partial charge in [-0.3, -0.25) is 0 Å². The summed E-state index contributed by atoms with van der Waals surface area (Å²) in [5.74, 6) is 0. The largest absolute Gasteiger partial charge is 1.00 e. The van der Waals surface area contributed by atoms with E-state index in [0.717, 1.165) is 19.7 Å². The van der Waals surface area contributed by atoms with Crippen LogP contribution >= 0.6 is 11.3 Å². The number of hydrogen-bond donors (Lipinski definition) is 1. The number of halogens is 1. The Morgan fingerprint density at radius 1 is 1.58 bits per heavy atom. The summed E-state index contributed by atoms with van der Waals surface area (Å²) >= 11 is 1.73. The zero-order valence-corrected chi connectivity index (χ0v) is 8.62. The van der Waals surface area contributed by atoms with Crippen molar-refractivity contribution in [1.29, 1.82) is 0 Å². The van der Waals surface area contributed by atoms with Crippen LogP contribution in [0.5, 0.6) is 0 Å². The van der Waals surface area contributed by atoms with Crippen molar-refractivity contribution < 1.29 is 17.1 Å². The summed E-state index contributed by atoms with van der Waals surface area (Å²) in [5, 5.41) is 7.51. The molecule has 0 aliphatic heterocycles. The van der Waals surface area contributed by atoms with Gasteiger partial charge in [0.2, 0.25) is 0 Å². The van der Waals surface area contributed by atoms with Gasteiger partial charge in [-0.05, 0) is 22.4 Å². The van der Waals surface area contributed by atoms with Gasteiger partial charge in [0.25, 0.3) is 0 Å². The highest BCUT2D eigenvalue weighted by Gasteiger charge is 1.90. The van der Waals surface area contributed by atoms with Gasteiger partial charge in [-0.15, -0.1) is 0 Å². The minimum Gasteiger partial charge on any atom is -1.00 e. The maximum atomic E-state index is 4.90. The number of nitrogens with one attached hydrogen (secondary N) is 1. The fraction of sp³-hybridized carbons (Fsp3) is 0.500. The van der Waals surface area contributed by atoms with Crippen LogP contribution in [-0.4, -0.2) is 20.3 Å². The van der Waals surface area contributed by atoms with Gasteiger partial charge in [-0.1, -0.05) is 0 Å². The lowest BCUT2D eigenvalue weighted by Crippen LogP contribution is -3.00. The molecule has 70 valence electrons. The maximum Gasteiger partial charge on any atom is 0.0587 e. The smallest absolute Gasteiger partial charge is 0.0587 e. The molecule has 0 aromatic carbocycles. The van der Waals surface area contributed by atoms with Crippen molar-refractivity contribution in [2.45, 2.75) is 6.54 Å². The molecule has 1 aromatic rings.